The van der Waals surface area contributed by atoms with Gasteiger partial charge in [0.25, 0.3) is 10.0 Å². The molecular formula is C23H23ClN2O5S. The number of ether oxygens (including phenoxy) is 1. The van der Waals surface area contributed by atoms with Gasteiger partial charge < -0.3 is 9.84 Å². The summed E-state index contributed by atoms with van der Waals surface area (Å²) in [5.41, 5.74) is 0.819. The van der Waals surface area contributed by atoms with Crippen LogP contribution in [0.15, 0.2) is 35.2 Å². The zero-order chi connectivity index (χ0) is 23.3. The van der Waals surface area contributed by atoms with Gasteiger partial charge in [0.2, 0.25) is 0 Å². The number of nitrogens with zero attached hydrogens (tertiary/aromatic N) is 1. The van der Waals surface area contributed by atoms with Gasteiger partial charge in [-0.3, -0.25) is 4.72 Å². The average molecular weight is 475 g/mol. The Kier molecular flexibility index (Phi) is 5.60. The second-order valence-electron chi connectivity index (χ2n) is 9.19. The van der Waals surface area contributed by atoms with Gasteiger partial charge in [0.15, 0.2) is 0 Å². The molecule has 2 aliphatic carbocycles. The number of carbonyl (C=O) groups is 1. The van der Waals surface area contributed by atoms with Crippen LogP contribution in [-0.2, 0) is 10.0 Å². The van der Waals surface area contributed by atoms with Gasteiger partial charge in [-0.2, -0.15) is 5.26 Å². The van der Waals surface area contributed by atoms with Crippen molar-refractivity contribution in [2.45, 2.75) is 56.4 Å². The van der Waals surface area contributed by atoms with Crippen molar-refractivity contribution in [1.29, 1.82) is 5.26 Å². The first kappa shape index (κ1) is 22.4. The molecule has 0 heterocycles. The van der Waals surface area contributed by atoms with E-state index in [1.807, 2.05) is 6.07 Å². The summed E-state index contributed by atoms with van der Waals surface area (Å²) >= 11 is 6.18. The maximum Gasteiger partial charge on any atom is 0.335 e. The Morgan fingerprint density at radius 1 is 1.25 bits per heavy atom. The molecule has 7 nitrogen and oxygen atoms in total. The third-order valence-electron chi connectivity index (χ3n) is 5.86. The van der Waals surface area contributed by atoms with E-state index in [4.69, 9.17) is 16.3 Å². The van der Waals surface area contributed by atoms with Gasteiger partial charge in [-0.1, -0.05) is 31.5 Å². The maximum atomic E-state index is 13.4. The van der Waals surface area contributed by atoms with Gasteiger partial charge in [0, 0.05) is 6.07 Å². The molecule has 0 unspecified atom stereocenters. The number of aromatic carboxylic acids is 1. The minimum Gasteiger partial charge on any atom is -0.488 e. The number of hydrogen-bond donors (Lipinski definition) is 2. The highest BCUT2D eigenvalue weighted by Crippen LogP contribution is 2.45. The van der Waals surface area contributed by atoms with E-state index in [1.54, 1.807) is 6.07 Å². The van der Waals surface area contributed by atoms with Crippen LogP contribution in [0.1, 0.15) is 66.9 Å². The monoisotopic (exact) mass is 474 g/mol. The minimum absolute atomic E-state index is 0.0796. The van der Waals surface area contributed by atoms with Crippen LogP contribution in [0.3, 0.4) is 0 Å². The van der Waals surface area contributed by atoms with Crippen molar-refractivity contribution < 1.29 is 23.1 Å². The Labute approximate surface area is 192 Å². The van der Waals surface area contributed by atoms with Crippen LogP contribution in [0, 0.1) is 16.7 Å². The third kappa shape index (κ3) is 4.54. The molecule has 0 aromatic heterocycles. The molecule has 2 aromatic rings. The van der Waals surface area contributed by atoms with Crippen molar-refractivity contribution in [2.24, 2.45) is 5.41 Å². The van der Waals surface area contributed by atoms with Crippen LogP contribution >= 0.6 is 11.6 Å². The number of anilines is 1. The Morgan fingerprint density at radius 2 is 1.94 bits per heavy atom. The molecule has 2 aromatic carbocycles. The number of sulfonamides is 1. The smallest absolute Gasteiger partial charge is 0.335 e. The summed E-state index contributed by atoms with van der Waals surface area (Å²) in [6.07, 6.45) is 3.22. The van der Waals surface area contributed by atoms with E-state index < -0.39 is 16.0 Å². The summed E-state index contributed by atoms with van der Waals surface area (Å²) in [6, 6.07) is 8.89. The van der Waals surface area contributed by atoms with Gasteiger partial charge in [-0.05, 0) is 60.8 Å². The van der Waals surface area contributed by atoms with E-state index in [1.165, 1.54) is 24.3 Å². The molecule has 2 aliphatic rings. The number of benzene rings is 2. The largest absolute Gasteiger partial charge is 0.488 e. The zero-order valence-corrected chi connectivity index (χ0v) is 19.3. The van der Waals surface area contributed by atoms with Gasteiger partial charge in [-0.25, -0.2) is 13.2 Å². The van der Waals surface area contributed by atoms with Gasteiger partial charge in [-0.15, -0.1) is 0 Å². The Hall–Kier alpha value is -2.76. The van der Waals surface area contributed by atoms with Crippen molar-refractivity contribution in [3.63, 3.8) is 0 Å². The molecule has 4 rings (SSSR count). The third-order valence-corrected chi connectivity index (χ3v) is 7.59. The molecule has 32 heavy (non-hydrogen) atoms. The van der Waals surface area contributed by atoms with Gasteiger partial charge >= 0.3 is 5.97 Å². The lowest BCUT2D eigenvalue weighted by Gasteiger charge is -2.42. The highest BCUT2D eigenvalue weighted by molar-refractivity contribution is 7.92. The fraction of sp³-hybridized carbons (Fsp3) is 0.391. The van der Waals surface area contributed by atoms with Crippen LogP contribution in [-0.4, -0.2) is 25.6 Å². The summed E-state index contributed by atoms with van der Waals surface area (Å²) in [6.45, 7) is 4.24. The number of rotatable bonds is 7. The molecule has 2 fully saturated rings. The fourth-order valence-corrected chi connectivity index (χ4v) is 5.67. The molecule has 0 bridgehead atoms. The van der Waals surface area contributed by atoms with Crippen molar-refractivity contribution >= 4 is 33.3 Å². The normalized spacial score (nSPS) is 17.8. The molecule has 168 valence electrons. The second-order valence-corrected chi connectivity index (χ2v) is 11.2. The van der Waals surface area contributed by atoms with Crippen LogP contribution < -0.4 is 9.46 Å². The first-order chi connectivity index (χ1) is 15.0. The molecule has 0 atom stereocenters. The van der Waals surface area contributed by atoms with E-state index in [-0.39, 0.29) is 49.9 Å². The summed E-state index contributed by atoms with van der Waals surface area (Å²) in [4.78, 5) is 11.4. The molecule has 0 aliphatic heterocycles. The van der Waals surface area contributed by atoms with Crippen LogP contribution in [0.4, 0.5) is 5.69 Å². The summed E-state index contributed by atoms with van der Waals surface area (Å²) in [7, 11) is -4.16. The summed E-state index contributed by atoms with van der Waals surface area (Å²) < 4.78 is 35.3. The van der Waals surface area contributed by atoms with E-state index in [0.29, 0.717) is 5.56 Å². The number of nitriles is 1. The van der Waals surface area contributed by atoms with Crippen LogP contribution in [0.5, 0.6) is 5.75 Å². The Balaban J connectivity index is 1.72. The summed E-state index contributed by atoms with van der Waals surface area (Å²) in [5, 5.41) is 18.9. The van der Waals surface area contributed by atoms with E-state index in [9.17, 15) is 23.6 Å². The maximum absolute atomic E-state index is 13.4. The Bertz CT molecular complexity index is 1240. The van der Waals surface area contributed by atoms with Crippen molar-refractivity contribution in [3.05, 3.63) is 52.0 Å². The van der Waals surface area contributed by atoms with Crippen LogP contribution in [0.25, 0.3) is 0 Å². The predicted molar refractivity (Wildman–Crippen MR) is 120 cm³/mol. The lowest BCUT2D eigenvalue weighted by molar-refractivity contribution is 0.0110. The lowest BCUT2D eigenvalue weighted by Crippen LogP contribution is -2.40. The van der Waals surface area contributed by atoms with E-state index in [0.717, 1.165) is 25.7 Å². The molecule has 0 saturated heterocycles. The number of nitrogens with one attached hydrogen (secondary N) is 1. The molecular weight excluding hydrogens is 452 g/mol. The van der Waals surface area contributed by atoms with E-state index in [2.05, 4.69) is 18.6 Å². The average Bonchev–Trinajstić information content (AvgIpc) is 3.53. The first-order valence-electron chi connectivity index (χ1n) is 10.3. The standard InChI is InChI=1S/C23H23ClN2O5S/c1-23(2)10-16(11-23)31-20-9-18(24)15(12-25)7-19(20)26-32(29,30)21-8-14(22(27)28)5-6-17(21)13-3-4-13/h5-9,13,16,26H,3-4,10-11H2,1-2H3,(H,27,28). The quantitative estimate of drug-likeness (QED) is 0.572. The number of carboxylic acids is 1. The molecule has 0 amide bonds. The van der Waals surface area contributed by atoms with Crippen molar-refractivity contribution in [3.8, 4) is 11.8 Å². The topological polar surface area (TPSA) is 116 Å². The molecule has 0 spiro atoms. The minimum atomic E-state index is -4.16. The highest BCUT2D eigenvalue weighted by atomic mass is 35.5. The molecule has 2 N–H and O–H groups in total. The Morgan fingerprint density at radius 3 is 2.50 bits per heavy atom. The van der Waals surface area contributed by atoms with Crippen molar-refractivity contribution in [2.75, 3.05) is 4.72 Å². The lowest BCUT2D eigenvalue weighted by atomic mass is 9.70. The van der Waals surface area contributed by atoms with E-state index >= 15 is 0 Å². The predicted octanol–water partition coefficient (Wildman–Crippen LogP) is 5.16. The number of carboxylic acid groups (broad SMARTS) is 1. The molecule has 9 heteroatoms. The first-order valence-corrected chi connectivity index (χ1v) is 12.2. The summed E-state index contributed by atoms with van der Waals surface area (Å²) in [5.74, 6) is -0.892. The fourth-order valence-electron chi connectivity index (χ4n) is 4.09. The van der Waals surface area contributed by atoms with Gasteiger partial charge in [0.1, 0.15) is 11.8 Å². The van der Waals surface area contributed by atoms with Crippen molar-refractivity contribution in [1.82, 2.24) is 0 Å². The zero-order valence-electron chi connectivity index (χ0n) is 17.7. The van der Waals surface area contributed by atoms with Gasteiger partial charge in [0.05, 0.1) is 32.8 Å². The highest BCUT2D eigenvalue weighted by Gasteiger charge is 2.38. The molecule has 0 radical (unpaired) electrons. The number of hydrogen-bond acceptors (Lipinski definition) is 5. The SMILES string of the molecule is CC1(C)CC(Oc2cc(Cl)c(C#N)cc2NS(=O)(=O)c2cc(C(=O)O)ccc2C2CC2)C1. The number of halogens is 1. The molecule has 2 saturated carbocycles. The van der Waals surface area contributed by atoms with Crippen LogP contribution in [0.2, 0.25) is 5.02 Å². The second kappa shape index (κ2) is 7.98.